The molecule has 33 heavy (non-hydrogen) atoms. The summed E-state index contributed by atoms with van der Waals surface area (Å²) in [6.07, 6.45) is 4.39. The zero-order valence-electron chi connectivity index (χ0n) is 17.9. The first-order valence-electron chi connectivity index (χ1n) is 9.61. The standard InChI is InChI=1S/C18H24BrClN6O6S/c1-25(2)17(13-8-12(26(28)29)5-6-15(13)33(21,30)31)32-7-3-4-11(10-27)23-16-14(19)9-22-18(20)24-16/h5-6,9,11,27H,3-4,7-8,10H2,1-2H3,(H2,21,30,31)(H,22,23,24). The lowest BCUT2D eigenvalue weighted by Crippen LogP contribution is -2.26. The Balaban J connectivity index is 2.12. The molecule has 0 saturated heterocycles. The lowest BCUT2D eigenvalue weighted by molar-refractivity contribution is -0.427. The molecule has 1 aliphatic carbocycles. The van der Waals surface area contributed by atoms with Gasteiger partial charge in [-0.3, -0.25) is 10.1 Å². The summed E-state index contributed by atoms with van der Waals surface area (Å²) in [4.78, 5) is 19.8. The number of ether oxygens (including phenoxy) is 1. The minimum atomic E-state index is -4.13. The van der Waals surface area contributed by atoms with Crippen LogP contribution >= 0.6 is 27.5 Å². The second kappa shape index (κ2) is 11.7. The second-order valence-corrected chi connectivity index (χ2v) is 9.92. The number of allylic oxidation sites excluding steroid dienone is 4. The maximum absolute atomic E-state index is 12.0. The maximum atomic E-state index is 12.0. The molecule has 1 atom stereocenters. The van der Waals surface area contributed by atoms with Gasteiger partial charge < -0.3 is 20.1 Å². The molecule has 0 spiro atoms. The highest BCUT2D eigenvalue weighted by Gasteiger charge is 2.30. The molecule has 182 valence electrons. The van der Waals surface area contributed by atoms with Crippen molar-refractivity contribution in [1.29, 1.82) is 0 Å². The van der Waals surface area contributed by atoms with Gasteiger partial charge in [-0.05, 0) is 46.4 Å². The number of hydrogen-bond acceptors (Lipinski definition) is 10. The Morgan fingerprint density at radius 3 is 2.76 bits per heavy atom. The molecule has 2 rings (SSSR count). The van der Waals surface area contributed by atoms with Crippen molar-refractivity contribution >= 4 is 43.4 Å². The van der Waals surface area contributed by atoms with E-state index in [0.717, 1.165) is 12.2 Å². The number of aliphatic hydroxyl groups is 1. The number of aliphatic hydroxyl groups excluding tert-OH is 1. The van der Waals surface area contributed by atoms with Gasteiger partial charge >= 0.3 is 0 Å². The molecular weight excluding hydrogens is 544 g/mol. The van der Waals surface area contributed by atoms with E-state index in [9.17, 15) is 23.6 Å². The first-order chi connectivity index (χ1) is 15.4. The molecule has 4 N–H and O–H groups in total. The van der Waals surface area contributed by atoms with Crippen molar-refractivity contribution in [3.05, 3.63) is 60.3 Å². The molecule has 0 aromatic carbocycles. The third kappa shape index (κ3) is 7.64. The van der Waals surface area contributed by atoms with E-state index in [1.807, 2.05) is 0 Å². The number of rotatable bonds is 11. The summed E-state index contributed by atoms with van der Waals surface area (Å²) in [5.74, 6) is 0.580. The molecule has 1 unspecified atom stereocenters. The van der Waals surface area contributed by atoms with Crippen molar-refractivity contribution in [2.75, 3.05) is 32.6 Å². The number of nitrogens with one attached hydrogen (secondary N) is 1. The molecule has 1 aromatic rings. The van der Waals surface area contributed by atoms with Gasteiger partial charge in [0.05, 0.1) is 40.0 Å². The molecule has 12 nitrogen and oxygen atoms in total. The molecule has 0 radical (unpaired) electrons. The predicted molar refractivity (Wildman–Crippen MR) is 126 cm³/mol. The molecule has 0 amide bonds. The third-order valence-corrected chi connectivity index (χ3v) is 6.26. The number of nitrogens with zero attached hydrogens (tertiary/aromatic N) is 4. The fourth-order valence-corrected chi connectivity index (χ4v) is 4.21. The third-order valence-electron chi connectivity index (χ3n) is 4.50. The zero-order valence-corrected chi connectivity index (χ0v) is 21.0. The van der Waals surface area contributed by atoms with Crippen molar-refractivity contribution < 1.29 is 23.2 Å². The predicted octanol–water partition coefficient (Wildman–Crippen LogP) is 1.97. The molecule has 1 aromatic heterocycles. The van der Waals surface area contributed by atoms with Crippen LogP contribution in [0.5, 0.6) is 0 Å². The van der Waals surface area contributed by atoms with Gasteiger partial charge in [-0.2, -0.15) is 4.98 Å². The van der Waals surface area contributed by atoms with E-state index in [2.05, 4.69) is 31.2 Å². The van der Waals surface area contributed by atoms with Crippen LogP contribution in [0.25, 0.3) is 0 Å². The second-order valence-electron chi connectivity index (χ2n) is 7.20. The Bertz CT molecular complexity index is 1090. The number of aromatic nitrogens is 2. The SMILES string of the molecule is CN(C)C(OCCCC(CO)Nc1nc(Cl)ncc1Br)=C1CC([N+](=O)[O-])=CC=C1S(N)(=O)=O. The van der Waals surface area contributed by atoms with Crippen LogP contribution in [0.3, 0.4) is 0 Å². The zero-order chi connectivity index (χ0) is 24.8. The van der Waals surface area contributed by atoms with Gasteiger partial charge in [0.15, 0.2) is 5.88 Å². The van der Waals surface area contributed by atoms with E-state index in [4.69, 9.17) is 21.5 Å². The van der Waals surface area contributed by atoms with Crippen molar-refractivity contribution in [2.24, 2.45) is 5.14 Å². The van der Waals surface area contributed by atoms with Crippen LogP contribution in [0.2, 0.25) is 5.28 Å². The minimum Gasteiger partial charge on any atom is -0.479 e. The molecule has 0 fully saturated rings. The minimum absolute atomic E-state index is 0.0531. The number of nitro groups is 1. The van der Waals surface area contributed by atoms with E-state index in [0.29, 0.717) is 23.1 Å². The van der Waals surface area contributed by atoms with Gasteiger partial charge in [0.1, 0.15) is 5.82 Å². The summed E-state index contributed by atoms with van der Waals surface area (Å²) >= 11 is 9.11. The first kappa shape index (κ1) is 27.0. The molecule has 0 aliphatic heterocycles. The summed E-state index contributed by atoms with van der Waals surface area (Å²) in [7, 11) is -0.880. The maximum Gasteiger partial charge on any atom is 0.250 e. The Morgan fingerprint density at radius 2 is 2.18 bits per heavy atom. The normalized spacial score (nSPS) is 16.4. The largest absolute Gasteiger partial charge is 0.479 e. The number of anilines is 1. The van der Waals surface area contributed by atoms with Crippen LogP contribution in [-0.4, -0.2) is 66.7 Å². The summed E-state index contributed by atoms with van der Waals surface area (Å²) < 4.78 is 30.4. The van der Waals surface area contributed by atoms with Crippen LogP contribution < -0.4 is 10.5 Å². The van der Waals surface area contributed by atoms with E-state index >= 15 is 0 Å². The molecule has 0 saturated carbocycles. The Kier molecular flexibility index (Phi) is 9.60. The monoisotopic (exact) mass is 566 g/mol. The van der Waals surface area contributed by atoms with Gasteiger partial charge in [0.25, 0.3) is 5.70 Å². The highest BCUT2D eigenvalue weighted by molar-refractivity contribution is 9.10. The van der Waals surface area contributed by atoms with Crippen LogP contribution in [0.1, 0.15) is 19.3 Å². The molecule has 1 aliphatic rings. The van der Waals surface area contributed by atoms with E-state index in [1.54, 1.807) is 14.1 Å². The fourth-order valence-electron chi connectivity index (χ4n) is 3.01. The number of primary sulfonamides is 1. The van der Waals surface area contributed by atoms with Crippen molar-refractivity contribution in [1.82, 2.24) is 14.9 Å². The fraction of sp³-hybridized carbons (Fsp3) is 0.444. The van der Waals surface area contributed by atoms with Crippen molar-refractivity contribution in [2.45, 2.75) is 25.3 Å². The van der Waals surface area contributed by atoms with Crippen LogP contribution in [0, 0.1) is 10.1 Å². The van der Waals surface area contributed by atoms with Crippen LogP contribution in [-0.2, 0) is 14.8 Å². The number of sulfonamides is 1. The molecular formula is C18H24BrClN6O6S. The number of halogens is 2. The lowest BCUT2D eigenvalue weighted by atomic mass is 10.0. The molecule has 1 heterocycles. The van der Waals surface area contributed by atoms with Crippen molar-refractivity contribution in [3.63, 3.8) is 0 Å². The lowest BCUT2D eigenvalue weighted by Gasteiger charge is -2.24. The summed E-state index contributed by atoms with van der Waals surface area (Å²) in [5.41, 5.74) is -0.0768. The highest BCUT2D eigenvalue weighted by Crippen LogP contribution is 2.31. The quantitative estimate of drug-likeness (QED) is 0.118. The Hall–Kier alpha value is -2.26. The first-order valence-corrected chi connectivity index (χ1v) is 12.3. The number of hydrogen-bond donors (Lipinski definition) is 3. The Labute approximate surface area is 204 Å². The molecule has 15 heteroatoms. The van der Waals surface area contributed by atoms with Gasteiger partial charge in [0.2, 0.25) is 15.3 Å². The topological polar surface area (TPSA) is 174 Å². The van der Waals surface area contributed by atoms with Crippen molar-refractivity contribution in [3.8, 4) is 0 Å². The summed E-state index contributed by atoms with van der Waals surface area (Å²) in [6.45, 7) is -0.0404. The van der Waals surface area contributed by atoms with Gasteiger partial charge in [-0.25, -0.2) is 18.5 Å². The summed E-state index contributed by atoms with van der Waals surface area (Å²) in [5, 5.41) is 29.3. The Morgan fingerprint density at radius 1 is 1.48 bits per heavy atom. The highest BCUT2D eigenvalue weighted by atomic mass is 79.9. The number of nitrogens with two attached hydrogens (primary N) is 1. The molecule has 0 bridgehead atoms. The van der Waals surface area contributed by atoms with Gasteiger partial charge in [0, 0.05) is 31.9 Å². The van der Waals surface area contributed by atoms with E-state index in [-0.39, 0.29) is 53.0 Å². The smallest absolute Gasteiger partial charge is 0.250 e. The average Bonchev–Trinajstić information content (AvgIpc) is 2.73. The summed E-state index contributed by atoms with van der Waals surface area (Å²) in [6, 6.07) is -0.370. The average molecular weight is 568 g/mol. The van der Waals surface area contributed by atoms with Gasteiger partial charge in [-0.1, -0.05) is 0 Å². The van der Waals surface area contributed by atoms with Crippen LogP contribution in [0.15, 0.2) is 44.9 Å². The van der Waals surface area contributed by atoms with Gasteiger partial charge in [-0.15, -0.1) is 0 Å². The van der Waals surface area contributed by atoms with Crippen LogP contribution in [0.4, 0.5) is 5.82 Å². The van der Waals surface area contributed by atoms with E-state index in [1.165, 1.54) is 11.1 Å². The van der Waals surface area contributed by atoms with E-state index < -0.39 is 14.9 Å².